The third-order valence-electron chi connectivity index (χ3n) is 2.86. The molecule has 20 heavy (non-hydrogen) atoms. The predicted octanol–water partition coefficient (Wildman–Crippen LogP) is 2.32. The Morgan fingerprint density at radius 3 is 2.90 bits per heavy atom. The lowest BCUT2D eigenvalue weighted by Crippen LogP contribution is -2.08. The summed E-state index contributed by atoms with van der Waals surface area (Å²) >= 11 is 0. The van der Waals surface area contributed by atoms with E-state index >= 15 is 0 Å². The van der Waals surface area contributed by atoms with Crippen molar-refractivity contribution in [1.29, 1.82) is 0 Å². The molecule has 0 aliphatic heterocycles. The molecule has 0 radical (unpaired) electrons. The second-order valence-corrected chi connectivity index (χ2v) is 5.90. The fourth-order valence-corrected chi connectivity index (χ4v) is 2.53. The van der Waals surface area contributed by atoms with Gasteiger partial charge >= 0.3 is 5.69 Å². The van der Waals surface area contributed by atoms with Crippen molar-refractivity contribution >= 4 is 33.1 Å². The molecule has 0 amide bonds. The number of nitrogens with zero attached hydrogens (tertiary/aromatic N) is 2. The van der Waals surface area contributed by atoms with Gasteiger partial charge in [0.2, 0.25) is 0 Å². The second-order valence-electron chi connectivity index (χ2n) is 4.35. The molecule has 0 aliphatic carbocycles. The molecule has 0 fully saturated rings. The van der Waals surface area contributed by atoms with Crippen molar-refractivity contribution in [3.8, 4) is 0 Å². The Morgan fingerprint density at radius 2 is 2.20 bits per heavy atom. The lowest BCUT2D eigenvalue weighted by Gasteiger charge is -2.08. The Morgan fingerprint density at radius 1 is 1.40 bits per heavy atom. The maximum absolute atomic E-state index is 11.3. The summed E-state index contributed by atoms with van der Waals surface area (Å²) in [7, 11) is -0.844. The van der Waals surface area contributed by atoms with Gasteiger partial charge in [-0.2, -0.15) is 0 Å². The highest BCUT2D eigenvalue weighted by Gasteiger charge is 2.18. The van der Waals surface area contributed by atoms with E-state index < -0.39 is 15.7 Å². The Hall–Kier alpha value is -2.02. The minimum absolute atomic E-state index is 0.0354. The fraction of sp³-hybridized carbons (Fsp3) is 0.308. The van der Waals surface area contributed by atoms with Crippen molar-refractivity contribution in [2.75, 3.05) is 23.9 Å². The minimum Gasteiger partial charge on any atom is -0.379 e. The first kappa shape index (κ1) is 14.4. The molecule has 1 N–H and O–H groups in total. The zero-order chi connectivity index (χ0) is 14.5. The van der Waals surface area contributed by atoms with Crippen molar-refractivity contribution in [2.24, 2.45) is 0 Å². The molecule has 0 bridgehead atoms. The Labute approximate surface area is 118 Å². The van der Waals surface area contributed by atoms with Gasteiger partial charge in [-0.25, -0.2) is 0 Å². The summed E-state index contributed by atoms with van der Waals surface area (Å²) in [5.41, 5.74) is 1.10. The number of benzene rings is 1. The second kappa shape index (κ2) is 6.42. The zero-order valence-electron chi connectivity index (χ0n) is 11.0. The van der Waals surface area contributed by atoms with E-state index in [4.69, 9.17) is 0 Å². The maximum Gasteiger partial charge on any atom is 0.301 e. The number of hydrogen-bond donors (Lipinski definition) is 1. The van der Waals surface area contributed by atoms with Crippen LogP contribution in [0.5, 0.6) is 0 Å². The van der Waals surface area contributed by atoms with E-state index in [1.165, 1.54) is 0 Å². The minimum atomic E-state index is -0.844. The molecule has 0 saturated heterocycles. The van der Waals surface area contributed by atoms with Crippen molar-refractivity contribution < 1.29 is 9.13 Å². The van der Waals surface area contributed by atoms with Crippen LogP contribution in [0.25, 0.3) is 10.9 Å². The number of fused-ring (bicyclic) bond motifs is 1. The highest BCUT2D eigenvalue weighted by Crippen LogP contribution is 2.32. The van der Waals surface area contributed by atoms with Gasteiger partial charge in [-0.3, -0.25) is 19.3 Å². The van der Waals surface area contributed by atoms with Gasteiger partial charge in [0.15, 0.2) is 0 Å². The van der Waals surface area contributed by atoms with Gasteiger partial charge in [0.05, 0.1) is 15.8 Å². The molecule has 1 unspecified atom stereocenters. The summed E-state index contributed by atoms with van der Waals surface area (Å²) in [5.74, 6) is 0.579. The van der Waals surface area contributed by atoms with Gasteiger partial charge in [-0.05, 0) is 30.7 Å². The molecule has 1 aromatic heterocycles. The van der Waals surface area contributed by atoms with E-state index in [0.717, 1.165) is 0 Å². The van der Waals surface area contributed by atoms with Crippen LogP contribution in [-0.4, -0.2) is 32.7 Å². The van der Waals surface area contributed by atoms with Gasteiger partial charge in [0, 0.05) is 35.5 Å². The average Bonchev–Trinajstić information content (AvgIpc) is 2.42. The summed E-state index contributed by atoms with van der Waals surface area (Å²) < 4.78 is 11.0. The van der Waals surface area contributed by atoms with Crippen LogP contribution in [0.3, 0.4) is 0 Å². The Balaban J connectivity index is 2.26. The zero-order valence-corrected chi connectivity index (χ0v) is 11.9. The molecule has 6 nitrogen and oxygen atoms in total. The summed E-state index contributed by atoms with van der Waals surface area (Å²) in [4.78, 5) is 15.0. The average molecular weight is 293 g/mol. The first-order chi connectivity index (χ1) is 9.59. The Bertz CT molecular complexity index is 660. The highest BCUT2D eigenvalue weighted by atomic mass is 32.2. The van der Waals surface area contributed by atoms with Gasteiger partial charge in [-0.1, -0.05) is 0 Å². The molecule has 1 atom stereocenters. The molecule has 1 heterocycles. The predicted molar refractivity (Wildman–Crippen MR) is 80.4 cm³/mol. The smallest absolute Gasteiger partial charge is 0.301 e. The summed E-state index contributed by atoms with van der Waals surface area (Å²) in [6.07, 6.45) is 3.95. The molecule has 106 valence electrons. The first-order valence-electron chi connectivity index (χ1n) is 6.15. The van der Waals surface area contributed by atoms with Gasteiger partial charge < -0.3 is 5.32 Å². The van der Waals surface area contributed by atoms with Crippen LogP contribution < -0.4 is 5.32 Å². The molecule has 7 heteroatoms. The molecule has 0 saturated carbocycles. The van der Waals surface area contributed by atoms with Gasteiger partial charge in [-0.15, -0.1) is 0 Å². The van der Waals surface area contributed by atoms with Crippen molar-refractivity contribution in [1.82, 2.24) is 4.98 Å². The molecular formula is C13H15N3O3S. The first-order valence-corrected chi connectivity index (χ1v) is 7.88. The molecule has 0 aliphatic rings. The number of nitro groups is 1. The summed E-state index contributed by atoms with van der Waals surface area (Å²) in [6, 6.07) is 6.78. The van der Waals surface area contributed by atoms with Crippen LogP contribution in [0.15, 0.2) is 30.5 Å². The Kier molecular flexibility index (Phi) is 4.62. The van der Waals surface area contributed by atoms with E-state index in [-0.39, 0.29) is 5.69 Å². The van der Waals surface area contributed by atoms with Crippen LogP contribution in [0.1, 0.15) is 6.42 Å². The van der Waals surface area contributed by atoms with E-state index in [1.807, 2.05) is 0 Å². The third-order valence-corrected chi connectivity index (χ3v) is 3.73. The van der Waals surface area contributed by atoms with Gasteiger partial charge in [0.1, 0.15) is 5.69 Å². The molecule has 2 rings (SSSR count). The fourth-order valence-electron chi connectivity index (χ4n) is 1.97. The number of aromatic nitrogens is 1. The third kappa shape index (κ3) is 3.30. The molecule has 1 aromatic carbocycles. The van der Waals surface area contributed by atoms with E-state index in [0.29, 0.717) is 35.3 Å². The largest absolute Gasteiger partial charge is 0.379 e. The van der Waals surface area contributed by atoms with E-state index in [2.05, 4.69) is 10.3 Å². The van der Waals surface area contributed by atoms with Crippen LogP contribution in [0.2, 0.25) is 0 Å². The van der Waals surface area contributed by atoms with Crippen LogP contribution in [0.4, 0.5) is 11.4 Å². The monoisotopic (exact) mass is 293 g/mol. The lowest BCUT2D eigenvalue weighted by molar-refractivity contribution is -0.382. The maximum atomic E-state index is 11.3. The number of nitrogens with one attached hydrogen (secondary N) is 1. The number of hydrogen-bond acceptors (Lipinski definition) is 5. The topological polar surface area (TPSA) is 85.1 Å². The summed E-state index contributed by atoms with van der Waals surface area (Å²) in [5, 5.41) is 14.8. The normalized spacial score (nSPS) is 12.2. The number of nitro benzene ring substituents is 1. The number of anilines is 1. The molecule has 2 aromatic rings. The lowest BCUT2D eigenvalue weighted by atomic mass is 10.1. The van der Waals surface area contributed by atoms with E-state index in [9.17, 15) is 14.3 Å². The van der Waals surface area contributed by atoms with Crippen LogP contribution in [0, 0.1) is 10.1 Å². The molecule has 0 spiro atoms. The van der Waals surface area contributed by atoms with Gasteiger partial charge in [0.25, 0.3) is 0 Å². The SMILES string of the molecule is CS(=O)CCCNc1ccc2ncccc2c1[N+](=O)[O-]. The molecular weight excluding hydrogens is 278 g/mol. The highest BCUT2D eigenvalue weighted by molar-refractivity contribution is 7.84. The van der Waals surface area contributed by atoms with Crippen LogP contribution >= 0.6 is 0 Å². The number of pyridine rings is 1. The summed E-state index contributed by atoms with van der Waals surface area (Å²) in [6.45, 7) is 0.548. The quantitative estimate of drug-likeness (QED) is 0.502. The van der Waals surface area contributed by atoms with Crippen LogP contribution in [-0.2, 0) is 10.8 Å². The number of rotatable bonds is 6. The van der Waals surface area contributed by atoms with Crippen molar-refractivity contribution in [2.45, 2.75) is 6.42 Å². The van der Waals surface area contributed by atoms with E-state index in [1.54, 1.807) is 36.7 Å². The standard InChI is InChI=1S/C13H15N3O3S/c1-20(19)9-3-8-15-12-6-5-11-10(4-2-7-14-11)13(12)16(17)18/h2,4-7,15H,3,8-9H2,1H3. The van der Waals surface area contributed by atoms with Crippen molar-refractivity contribution in [3.05, 3.63) is 40.6 Å². The van der Waals surface area contributed by atoms with Crippen molar-refractivity contribution in [3.63, 3.8) is 0 Å².